The van der Waals surface area contributed by atoms with E-state index in [-0.39, 0.29) is 11.5 Å². The van der Waals surface area contributed by atoms with Crippen LogP contribution in [0.1, 0.15) is 0 Å². The highest BCUT2D eigenvalue weighted by Crippen LogP contribution is 2.21. The average molecular weight is 248 g/mol. The predicted molar refractivity (Wildman–Crippen MR) is 67.0 cm³/mol. The van der Waals surface area contributed by atoms with Crippen LogP contribution in [-0.2, 0) is 0 Å². The van der Waals surface area contributed by atoms with E-state index in [9.17, 15) is 0 Å². The maximum atomic E-state index is 8.67. The Morgan fingerprint density at radius 1 is 0.722 bits per heavy atom. The molecule has 18 heavy (non-hydrogen) atoms. The first-order valence-corrected chi connectivity index (χ1v) is 5.14. The number of rotatable bonds is 2. The fourth-order valence-corrected chi connectivity index (χ4v) is 1.08. The van der Waals surface area contributed by atoms with Crippen molar-refractivity contribution in [1.82, 2.24) is 0 Å². The molecule has 2 aromatic rings. The van der Waals surface area contributed by atoms with Gasteiger partial charge in [-0.05, 0) is 24.3 Å². The molecule has 94 valence electrons. The summed E-state index contributed by atoms with van der Waals surface area (Å²) >= 11 is 0. The molecule has 0 aliphatic heterocycles. The Bertz CT molecular complexity index is 440. The maximum Gasteiger partial charge on any atom is 0.707 e. The second kappa shape index (κ2) is 7.21. The van der Waals surface area contributed by atoms with Crippen LogP contribution >= 0.6 is 0 Å². The number of hydrogen-bond donors (Lipinski definition) is 4. The summed E-state index contributed by atoms with van der Waals surface area (Å²) in [5.74, 6) is 0.289. The van der Waals surface area contributed by atoms with Gasteiger partial charge in [0.1, 0.15) is 5.75 Å². The zero-order valence-corrected chi connectivity index (χ0v) is 9.47. The Morgan fingerprint density at radius 2 is 1.17 bits per heavy atom. The van der Waals surface area contributed by atoms with Crippen LogP contribution < -0.4 is 4.65 Å². The fourth-order valence-electron chi connectivity index (χ4n) is 1.08. The standard InChI is InChI=1S/C6H7BO3.C6H6O2/c8-7(9)10-6-4-2-1-3-5-6;7-5-3-1-2-4-6(5)8/h1-5,8-9H;1-4,7-8H. The highest BCUT2D eigenvalue weighted by molar-refractivity contribution is 6.33. The lowest BCUT2D eigenvalue weighted by atomic mass is 10.2. The largest absolute Gasteiger partial charge is 0.707 e. The van der Waals surface area contributed by atoms with Crippen molar-refractivity contribution in [3.8, 4) is 17.2 Å². The molecule has 0 fully saturated rings. The summed E-state index contributed by atoms with van der Waals surface area (Å²) in [6.45, 7) is 0. The molecule has 0 atom stereocenters. The van der Waals surface area contributed by atoms with Gasteiger partial charge in [-0.3, -0.25) is 0 Å². The molecule has 0 saturated carbocycles. The number of benzene rings is 2. The number of aromatic hydroxyl groups is 2. The third kappa shape index (κ3) is 5.24. The molecule has 4 N–H and O–H groups in total. The molecule has 5 nitrogen and oxygen atoms in total. The predicted octanol–water partition coefficient (Wildman–Crippen LogP) is 1.13. The van der Waals surface area contributed by atoms with Crippen molar-refractivity contribution in [2.24, 2.45) is 0 Å². The van der Waals surface area contributed by atoms with Crippen LogP contribution in [0.2, 0.25) is 0 Å². The number of hydrogen-bond acceptors (Lipinski definition) is 5. The minimum atomic E-state index is -1.73. The van der Waals surface area contributed by atoms with Gasteiger partial charge in [0.25, 0.3) is 0 Å². The summed E-state index contributed by atoms with van der Waals surface area (Å²) in [7, 11) is -1.73. The third-order valence-electron chi connectivity index (χ3n) is 1.87. The van der Waals surface area contributed by atoms with Crippen molar-refractivity contribution in [3.05, 3.63) is 54.6 Å². The van der Waals surface area contributed by atoms with Gasteiger partial charge >= 0.3 is 7.32 Å². The first-order valence-electron chi connectivity index (χ1n) is 5.14. The van der Waals surface area contributed by atoms with Gasteiger partial charge in [0.05, 0.1) is 0 Å². The second-order valence-electron chi connectivity index (χ2n) is 3.25. The van der Waals surface area contributed by atoms with E-state index in [2.05, 4.69) is 4.65 Å². The van der Waals surface area contributed by atoms with E-state index in [0.717, 1.165) is 0 Å². The van der Waals surface area contributed by atoms with Crippen LogP contribution in [0, 0.1) is 0 Å². The molecule has 0 bridgehead atoms. The maximum absolute atomic E-state index is 8.67. The van der Waals surface area contributed by atoms with Crippen molar-refractivity contribution < 1.29 is 24.9 Å². The molecule has 0 saturated heterocycles. The molecule has 0 aliphatic carbocycles. The van der Waals surface area contributed by atoms with E-state index < -0.39 is 7.32 Å². The van der Waals surface area contributed by atoms with Crippen molar-refractivity contribution >= 4 is 7.32 Å². The van der Waals surface area contributed by atoms with E-state index >= 15 is 0 Å². The van der Waals surface area contributed by atoms with E-state index in [1.165, 1.54) is 12.1 Å². The SMILES string of the molecule is OB(O)Oc1ccccc1.Oc1ccccc1O. The molecule has 0 unspecified atom stereocenters. The van der Waals surface area contributed by atoms with Crippen LogP contribution in [0.15, 0.2) is 54.6 Å². The second-order valence-corrected chi connectivity index (χ2v) is 3.25. The zero-order valence-electron chi connectivity index (χ0n) is 9.47. The lowest BCUT2D eigenvalue weighted by Crippen LogP contribution is -2.20. The summed E-state index contributed by atoms with van der Waals surface area (Å²) in [6, 6.07) is 14.7. The Kier molecular flexibility index (Phi) is 5.56. The smallest absolute Gasteiger partial charge is 0.512 e. The van der Waals surface area contributed by atoms with E-state index in [0.29, 0.717) is 5.75 Å². The molecule has 6 heteroatoms. The molecule has 0 aromatic heterocycles. The summed E-state index contributed by atoms with van der Waals surface area (Å²) < 4.78 is 4.53. The first-order chi connectivity index (χ1) is 8.59. The molecular formula is C12H13BO5. The summed E-state index contributed by atoms with van der Waals surface area (Å²) in [5.41, 5.74) is 0. The van der Waals surface area contributed by atoms with Gasteiger partial charge in [0, 0.05) is 0 Å². The van der Waals surface area contributed by atoms with E-state index in [4.69, 9.17) is 20.3 Å². The average Bonchev–Trinajstić information content (AvgIpc) is 2.34. The molecule has 0 aliphatic rings. The fraction of sp³-hybridized carbons (Fsp3) is 0. The van der Waals surface area contributed by atoms with Gasteiger partial charge < -0.3 is 24.9 Å². The van der Waals surface area contributed by atoms with Crippen molar-refractivity contribution in [1.29, 1.82) is 0 Å². The minimum absolute atomic E-state index is 0.0764. The van der Waals surface area contributed by atoms with Gasteiger partial charge in [-0.1, -0.05) is 30.3 Å². The van der Waals surface area contributed by atoms with Crippen molar-refractivity contribution in [2.75, 3.05) is 0 Å². The van der Waals surface area contributed by atoms with Gasteiger partial charge in [0.2, 0.25) is 0 Å². The third-order valence-corrected chi connectivity index (χ3v) is 1.87. The van der Waals surface area contributed by atoms with Gasteiger partial charge in [0.15, 0.2) is 11.5 Å². The lowest BCUT2D eigenvalue weighted by molar-refractivity contribution is 0.288. The molecule has 0 heterocycles. The lowest BCUT2D eigenvalue weighted by Gasteiger charge is -2.01. The van der Waals surface area contributed by atoms with Gasteiger partial charge in [-0.15, -0.1) is 0 Å². The number of phenols is 2. The first kappa shape index (κ1) is 13.9. The van der Waals surface area contributed by atoms with E-state index in [1.807, 2.05) is 6.07 Å². The topological polar surface area (TPSA) is 90.2 Å². The highest BCUT2D eigenvalue weighted by atomic mass is 16.6. The van der Waals surface area contributed by atoms with Crippen LogP contribution in [0.25, 0.3) is 0 Å². The monoisotopic (exact) mass is 248 g/mol. The van der Waals surface area contributed by atoms with Crippen LogP contribution in [0.3, 0.4) is 0 Å². The summed E-state index contributed by atoms with van der Waals surface area (Å²) in [4.78, 5) is 0. The quantitative estimate of drug-likeness (QED) is 0.472. The molecule has 0 amide bonds. The molecular weight excluding hydrogens is 235 g/mol. The van der Waals surface area contributed by atoms with Gasteiger partial charge in [-0.25, -0.2) is 0 Å². The zero-order chi connectivity index (χ0) is 13.4. The molecule has 2 aromatic carbocycles. The Hall–Kier alpha value is -2.18. The van der Waals surface area contributed by atoms with Crippen LogP contribution in [0.5, 0.6) is 17.2 Å². The highest BCUT2D eigenvalue weighted by Gasteiger charge is 2.09. The Morgan fingerprint density at radius 3 is 1.56 bits per heavy atom. The van der Waals surface area contributed by atoms with Crippen LogP contribution in [0.4, 0.5) is 0 Å². The summed E-state index contributed by atoms with van der Waals surface area (Å²) in [5, 5.41) is 34.0. The number of phenolic OH excluding ortho intramolecular Hbond substituents is 2. The molecule has 0 spiro atoms. The summed E-state index contributed by atoms with van der Waals surface area (Å²) in [6.07, 6.45) is 0. The minimum Gasteiger partial charge on any atom is -0.512 e. The Labute approximate surface area is 105 Å². The molecule has 0 radical (unpaired) electrons. The van der Waals surface area contributed by atoms with Gasteiger partial charge in [-0.2, -0.15) is 0 Å². The number of para-hydroxylation sites is 3. The Balaban J connectivity index is 0.000000184. The normalized spacial score (nSPS) is 9.00. The van der Waals surface area contributed by atoms with E-state index in [1.54, 1.807) is 36.4 Å². The van der Waals surface area contributed by atoms with Crippen LogP contribution in [-0.4, -0.2) is 27.6 Å². The van der Waals surface area contributed by atoms with Crippen molar-refractivity contribution in [3.63, 3.8) is 0 Å². The molecule has 2 rings (SSSR count). The van der Waals surface area contributed by atoms with Crippen molar-refractivity contribution in [2.45, 2.75) is 0 Å².